The Bertz CT molecular complexity index is 1360. The highest BCUT2D eigenvalue weighted by molar-refractivity contribution is 7.92. The molecule has 4 aromatic rings. The molecule has 2 aromatic carbocycles. The van der Waals surface area contributed by atoms with E-state index in [1.54, 1.807) is 30.3 Å². The van der Waals surface area contributed by atoms with Crippen molar-refractivity contribution in [2.24, 2.45) is 0 Å². The fourth-order valence-corrected chi connectivity index (χ4v) is 6.18. The lowest BCUT2D eigenvalue weighted by Crippen LogP contribution is -2.08. The highest BCUT2D eigenvalue weighted by atomic mass is 32.2. The van der Waals surface area contributed by atoms with Crippen LogP contribution in [0.5, 0.6) is 0 Å². The zero-order valence-corrected chi connectivity index (χ0v) is 21.4. The molecule has 0 unspecified atom stereocenters. The van der Waals surface area contributed by atoms with Crippen LogP contribution in [0.2, 0.25) is 0 Å². The number of anilines is 1. The molecule has 0 bridgehead atoms. The van der Waals surface area contributed by atoms with E-state index in [-0.39, 0.29) is 15.6 Å². The van der Waals surface area contributed by atoms with Crippen LogP contribution in [-0.4, -0.2) is 23.0 Å². The Hall–Kier alpha value is -2.93. The summed E-state index contributed by atoms with van der Waals surface area (Å²) < 4.78 is 29.0. The first-order valence-corrected chi connectivity index (χ1v) is 14.4. The minimum Gasteiger partial charge on any atom is -0.384 e. The zero-order chi connectivity index (χ0) is 24.7. The molecule has 0 atom stereocenters. The number of rotatable bonds is 13. The van der Waals surface area contributed by atoms with Gasteiger partial charge >= 0.3 is 0 Å². The number of nitrogen functional groups attached to an aromatic ring is 1. The first-order valence-electron chi connectivity index (χ1n) is 12.9. The van der Waals surface area contributed by atoms with Crippen molar-refractivity contribution in [2.75, 3.05) is 5.73 Å². The Labute approximate surface area is 208 Å². The Morgan fingerprint density at radius 1 is 0.743 bits per heavy atom. The third-order valence-corrected chi connectivity index (χ3v) is 8.44. The first kappa shape index (κ1) is 25.2. The SMILES string of the molecule is CCCCCCCCCCCCn1c(N)c(S(=O)(=O)c2ccccc2)c2nc3ccccc3nc21. The Morgan fingerprint density at radius 2 is 1.29 bits per heavy atom. The highest BCUT2D eigenvalue weighted by Crippen LogP contribution is 2.35. The van der Waals surface area contributed by atoms with E-state index in [2.05, 4.69) is 6.92 Å². The number of aromatic nitrogens is 3. The summed E-state index contributed by atoms with van der Waals surface area (Å²) in [5.41, 5.74) is 8.79. The second-order valence-corrected chi connectivity index (χ2v) is 11.1. The van der Waals surface area contributed by atoms with Crippen molar-refractivity contribution in [3.05, 3.63) is 54.6 Å². The molecule has 0 spiro atoms. The molecular formula is C28H36N4O2S. The number of sulfone groups is 1. The summed E-state index contributed by atoms with van der Waals surface area (Å²) in [6, 6.07) is 15.9. The van der Waals surface area contributed by atoms with Gasteiger partial charge in [-0.2, -0.15) is 0 Å². The Kier molecular flexibility index (Phi) is 8.39. The average Bonchev–Trinajstić information content (AvgIpc) is 3.15. The van der Waals surface area contributed by atoms with Gasteiger partial charge in [-0.05, 0) is 30.7 Å². The molecule has 0 fully saturated rings. The lowest BCUT2D eigenvalue weighted by Gasteiger charge is -2.08. The molecule has 6 nitrogen and oxygen atoms in total. The molecule has 0 aliphatic heterocycles. The maximum Gasteiger partial charge on any atom is 0.212 e. The van der Waals surface area contributed by atoms with Gasteiger partial charge < -0.3 is 10.3 Å². The molecule has 0 radical (unpaired) electrons. The summed E-state index contributed by atoms with van der Waals surface area (Å²) in [5, 5.41) is 0. The molecule has 0 amide bonds. The number of hydrogen-bond donors (Lipinski definition) is 1. The number of aryl methyl sites for hydroxylation is 1. The van der Waals surface area contributed by atoms with E-state index in [4.69, 9.17) is 15.7 Å². The van der Waals surface area contributed by atoms with Crippen LogP contribution in [-0.2, 0) is 16.4 Å². The highest BCUT2D eigenvalue weighted by Gasteiger charge is 2.29. The largest absolute Gasteiger partial charge is 0.384 e. The van der Waals surface area contributed by atoms with Crippen LogP contribution in [0, 0.1) is 0 Å². The van der Waals surface area contributed by atoms with Crippen molar-refractivity contribution in [1.82, 2.24) is 14.5 Å². The van der Waals surface area contributed by atoms with E-state index >= 15 is 0 Å². The maximum absolute atomic E-state index is 13.6. The molecular weight excluding hydrogens is 456 g/mol. The molecule has 2 heterocycles. The number of nitrogens with zero attached hydrogens (tertiary/aromatic N) is 3. The molecule has 0 saturated carbocycles. The van der Waals surface area contributed by atoms with Crippen LogP contribution in [0.3, 0.4) is 0 Å². The van der Waals surface area contributed by atoms with Crippen LogP contribution in [0.15, 0.2) is 64.4 Å². The van der Waals surface area contributed by atoms with Crippen LogP contribution in [0.4, 0.5) is 5.82 Å². The second kappa shape index (κ2) is 11.7. The van der Waals surface area contributed by atoms with Crippen molar-refractivity contribution in [3.63, 3.8) is 0 Å². The number of unbranched alkanes of at least 4 members (excludes halogenated alkanes) is 9. The van der Waals surface area contributed by atoms with Crippen molar-refractivity contribution in [3.8, 4) is 0 Å². The van der Waals surface area contributed by atoms with Gasteiger partial charge in [-0.3, -0.25) is 0 Å². The molecule has 0 aliphatic carbocycles. The first-order chi connectivity index (χ1) is 17.0. The zero-order valence-electron chi connectivity index (χ0n) is 20.6. The van der Waals surface area contributed by atoms with Crippen molar-refractivity contribution >= 4 is 37.9 Å². The van der Waals surface area contributed by atoms with Crippen molar-refractivity contribution < 1.29 is 8.42 Å². The molecule has 0 aliphatic rings. The van der Waals surface area contributed by atoms with Crippen LogP contribution in [0.25, 0.3) is 22.2 Å². The standard InChI is InChI=1S/C28H36N4O2S/c1-2-3-4-5-6-7-8-9-10-16-21-32-27(29)26(35(33,34)22-17-12-11-13-18-22)25-28(32)31-24-20-15-14-19-23(24)30-25/h11-15,17-20H,2-10,16,21,29H2,1H3. The number of benzene rings is 2. The predicted octanol–water partition coefficient (Wildman–Crippen LogP) is 6.92. The third kappa shape index (κ3) is 5.67. The van der Waals surface area contributed by atoms with Crippen LogP contribution >= 0.6 is 0 Å². The lowest BCUT2D eigenvalue weighted by atomic mass is 10.1. The maximum atomic E-state index is 13.6. The number of nitrogens with two attached hydrogens (primary N) is 1. The van der Waals surface area contributed by atoms with Gasteiger partial charge in [0.1, 0.15) is 16.2 Å². The van der Waals surface area contributed by atoms with Crippen molar-refractivity contribution in [1.29, 1.82) is 0 Å². The normalized spacial score (nSPS) is 12.0. The summed E-state index contributed by atoms with van der Waals surface area (Å²) in [4.78, 5) is 9.76. The Balaban J connectivity index is 1.56. The third-order valence-electron chi connectivity index (χ3n) is 6.60. The van der Waals surface area contributed by atoms with E-state index in [9.17, 15) is 8.42 Å². The van der Waals surface area contributed by atoms with Gasteiger partial charge in [0.2, 0.25) is 9.84 Å². The Morgan fingerprint density at radius 3 is 1.91 bits per heavy atom. The van der Waals surface area contributed by atoms with Gasteiger partial charge in [-0.1, -0.05) is 95.0 Å². The topological polar surface area (TPSA) is 90.9 Å². The molecule has 0 saturated heterocycles. The second-order valence-electron chi connectivity index (χ2n) is 9.25. The van der Waals surface area contributed by atoms with Gasteiger partial charge in [-0.25, -0.2) is 18.4 Å². The molecule has 2 aromatic heterocycles. The van der Waals surface area contributed by atoms with E-state index in [1.807, 2.05) is 28.8 Å². The van der Waals surface area contributed by atoms with Gasteiger partial charge in [0.25, 0.3) is 0 Å². The van der Waals surface area contributed by atoms with E-state index in [0.717, 1.165) is 18.4 Å². The van der Waals surface area contributed by atoms with Gasteiger partial charge in [0, 0.05) is 6.54 Å². The monoisotopic (exact) mass is 492 g/mol. The van der Waals surface area contributed by atoms with E-state index in [0.29, 0.717) is 23.2 Å². The molecule has 4 rings (SSSR count). The number of hydrogen-bond acceptors (Lipinski definition) is 5. The van der Waals surface area contributed by atoms with Gasteiger partial charge in [0.05, 0.1) is 15.9 Å². The fourth-order valence-electron chi connectivity index (χ4n) is 4.66. The minimum absolute atomic E-state index is 0.0593. The van der Waals surface area contributed by atoms with Gasteiger partial charge in [0.15, 0.2) is 5.65 Å². The van der Waals surface area contributed by atoms with E-state index in [1.165, 1.54) is 51.4 Å². The van der Waals surface area contributed by atoms with Gasteiger partial charge in [-0.15, -0.1) is 0 Å². The number of para-hydroxylation sites is 2. The molecule has 2 N–H and O–H groups in total. The summed E-state index contributed by atoms with van der Waals surface area (Å²) in [7, 11) is -3.84. The minimum atomic E-state index is -3.84. The number of fused-ring (bicyclic) bond motifs is 2. The smallest absolute Gasteiger partial charge is 0.212 e. The molecule has 7 heteroatoms. The quantitative estimate of drug-likeness (QED) is 0.205. The molecule has 186 valence electrons. The average molecular weight is 493 g/mol. The summed E-state index contributed by atoms with van der Waals surface area (Å²) in [5.74, 6) is 0.218. The predicted molar refractivity (Wildman–Crippen MR) is 143 cm³/mol. The van der Waals surface area contributed by atoms with Crippen LogP contribution < -0.4 is 5.73 Å². The summed E-state index contributed by atoms with van der Waals surface area (Å²) in [6.45, 7) is 2.87. The molecule has 35 heavy (non-hydrogen) atoms. The van der Waals surface area contributed by atoms with Crippen LogP contribution in [0.1, 0.15) is 71.1 Å². The van der Waals surface area contributed by atoms with Crippen molar-refractivity contribution in [2.45, 2.75) is 87.5 Å². The lowest BCUT2D eigenvalue weighted by molar-refractivity contribution is 0.539. The summed E-state index contributed by atoms with van der Waals surface area (Å²) >= 11 is 0. The summed E-state index contributed by atoms with van der Waals surface area (Å²) in [6.07, 6.45) is 12.3. The fraction of sp³-hybridized carbons (Fsp3) is 0.429. The van der Waals surface area contributed by atoms with E-state index < -0.39 is 9.84 Å².